The van der Waals surface area contributed by atoms with Crippen LogP contribution in [0.5, 0.6) is 0 Å². The molecule has 0 unspecified atom stereocenters. The Morgan fingerprint density at radius 2 is 2.16 bits per heavy atom. The highest BCUT2D eigenvalue weighted by atomic mass is 35.5. The molecule has 0 spiro atoms. The fourth-order valence-electron chi connectivity index (χ4n) is 2.38. The van der Waals surface area contributed by atoms with E-state index in [2.05, 4.69) is 0 Å². The zero-order chi connectivity index (χ0) is 14.0. The number of rotatable bonds is 5. The molecular formula is C13H18ClN3O2. The molecule has 0 bridgehead atoms. The van der Waals surface area contributed by atoms with Crippen molar-refractivity contribution >= 4 is 28.9 Å². The van der Waals surface area contributed by atoms with Crippen molar-refractivity contribution in [3.63, 3.8) is 0 Å². The number of hydrogen-bond acceptors (Lipinski definition) is 4. The molecule has 1 aliphatic rings. The topological polar surface area (TPSA) is 92.6 Å². The van der Waals surface area contributed by atoms with Crippen LogP contribution in [0.1, 0.15) is 29.6 Å². The molecule has 1 saturated carbocycles. The lowest BCUT2D eigenvalue weighted by atomic mass is 9.90. The van der Waals surface area contributed by atoms with E-state index < -0.39 is 5.91 Å². The largest absolute Gasteiger partial charge is 0.399 e. The highest BCUT2D eigenvalue weighted by molar-refractivity contribution is 6.34. The third-order valence-corrected chi connectivity index (χ3v) is 3.78. The Morgan fingerprint density at radius 1 is 1.47 bits per heavy atom. The van der Waals surface area contributed by atoms with Crippen LogP contribution in [0, 0.1) is 0 Å². The van der Waals surface area contributed by atoms with Crippen molar-refractivity contribution < 1.29 is 9.90 Å². The van der Waals surface area contributed by atoms with Gasteiger partial charge in [0.15, 0.2) is 0 Å². The van der Waals surface area contributed by atoms with Crippen LogP contribution in [0.2, 0.25) is 5.02 Å². The second-order valence-electron chi connectivity index (χ2n) is 4.76. The van der Waals surface area contributed by atoms with Crippen molar-refractivity contribution in [2.45, 2.75) is 25.3 Å². The Balaban J connectivity index is 2.47. The van der Waals surface area contributed by atoms with Gasteiger partial charge in [-0.15, -0.1) is 0 Å². The Hall–Kier alpha value is -1.46. The van der Waals surface area contributed by atoms with Crippen molar-refractivity contribution in [2.75, 3.05) is 23.8 Å². The summed E-state index contributed by atoms with van der Waals surface area (Å²) in [7, 11) is 0. The van der Waals surface area contributed by atoms with Crippen molar-refractivity contribution in [3.05, 3.63) is 22.7 Å². The molecule has 1 aliphatic carbocycles. The standard InChI is InChI=1S/C13H18ClN3O2/c14-11-7-8(15)6-10(13(16)19)12(11)17(4-5-18)9-2-1-3-9/h6-7,9,18H,1-5,15H2,(H2,16,19). The maximum absolute atomic E-state index is 11.6. The van der Waals surface area contributed by atoms with Gasteiger partial charge in [0, 0.05) is 18.3 Å². The number of nitrogen functional groups attached to an aromatic ring is 1. The summed E-state index contributed by atoms with van der Waals surface area (Å²) in [5.74, 6) is -0.563. The maximum atomic E-state index is 11.6. The van der Waals surface area contributed by atoms with Crippen molar-refractivity contribution in [1.82, 2.24) is 0 Å². The number of benzene rings is 1. The lowest BCUT2D eigenvalue weighted by Crippen LogP contribution is -2.43. The van der Waals surface area contributed by atoms with E-state index in [0.29, 0.717) is 34.5 Å². The third-order valence-electron chi connectivity index (χ3n) is 3.49. The lowest BCUT2D eigenvalue weighted by Gasteiger charge is -2.40. The predicted octanol–water partition coefficient (Wildman–Crippen LogP) is 1.37. The Kier molecular flexibility index (Phi) is 4.17. The molecule has 1 fully saturated rings. The Bertz CT molecular complexity index is 489. The summed E-state index contributed by atoms with van der Waals surface area (Å²) in [6.45, 7) is 0.421. The van der Waals surface area contributed by atoms with Gasteiger partial charge in [-0.05, 0) is 31.4 Å². The molecule has 0 atom stereocenters. The summed E-state index contributed by atoms with van der Waals surface area (Å²) in [5, 5.41) is 9.61. The molecule has 1 aromatic carbocycles. The van der Waals surface area contributed by atoms with Crippen LogP contribution in [0.15, 0.2) is 12.1 Å². The minimum atomic E-state index is -0.563. The van der Waals surface area contributed by atoms with Crippen LogP contribution in [-0.4, -0.2) is 30.2 Å². The first kappa shape index (κ1) is 14.0. The van der Waals surface area contributed by atoms with Crippen LogP contribution in [0.4, 0.5) is 11.4 Å². The molecular weight excluding hydrogens is 266 g/mol. The fourth-order valence-corrected chi connectivity index (χ4v) is 2.72. The van der Waals surface area contributed by atoms with E-state index in [1.165, 1.54) is 6.07 Å². The molecule has 19 heavy (non-hydrogen) atoms. The number of nitrogens with two attached hydrogens (primary N) is 2. The van der Waals surface area contributed by atoms with Gasteiger partial charge in [-0.2, -0.15) is 0 Å². The second kappa shape index (κ2) is 5.67. The molecule has 0 radical (unpaired) electrons. The highest BCUT2D eigenvalue weighted by Gasteiger charge is 2.29. The van der Waals surface area contributed by atoms with E-state index in [-0.39, 0.29) is 6.61 Å². The first-order valence-electron chi connectivity index (χ1n) is 6.31. The summed E-state index contributed by atoms with van der Waals surface area (Å²) in [6.07, 6.45) is 3.20. The van der Waals surface area contributed by atoms with E-state index in [1.807, 2.05) is 4.90 Å². The number of carbonyl (C=O) groups excluding carboxylic acids is 1. The fraction of sp³-hybridized carbons (Fsp3) is 0.462. The molecule has 0 aliphatic heterocycles. The SMILES string of the molecule is NC(=O)c1cc(N)cc(Cl)c1N(CCO)C1CCC1. The van der Waals surface area contributed by atoms with Gasteiger partial charge < -0.3 is 21.5 Å². The summed E-state index contributed by atoms with van der Waals surface area (Å²) in [6, 6.07) is 3.44. The van der Waals surface area contributed by atoms with Crippen LogP contribution in [0.3, 0.4) is 0 Å². The van der Waals surface area contributed by atoms with E-state index >= 15 is 0 Å². The molecule has 5 nitrogen and oxygen atoms in total. The number of anilines is 2. The first-order chi connectivity index (χ1) is 9.04. The van der Waals surface area contributed by atoms with Gasteiger partial charge in [0.1, 0.15) is 0 Å². The zero-order valence-corrected chi connectivity index (χ0v) is 11.4. The maximum Gasteiger partial charge on any atom is 0.250 e. The second-order valence-corrected chi connectivity index (χ2v) is 5.17. The van der Waals surface area contributed by atoms with Crippen LogP contribution in [-0.2, 0) is 0 Å². The molecule has 1 aromatic rings. The van der Waals surface area contributed by atoms with Gasteiger partial charge in [0.25, 0.3) is 5.91 Å². The van der Waals surface area contributed by atoms with Gasteiger partial charge in [0.05, 0.1) is 22.9 Å². The average molecular weight is 284 g/mol. The first-order valence-corrected chi connectivity index (χ1v) is 6.68. The highest BCUT2D eigenvalue weighted by Crippen LogP contribution is 2.37. The third kappa shape index (κ3) is 2.77. The summed E-state index contributed by atoms with van der Waals surface area (Å²) in [5.41, 5.74) is 12.4. The predicted molar refractivity (Wildman–Crippen MR) is 76.5 cm³/mol. The Morgan fingerprint density at radius 3 is 2.63 bits per heavy atom. The van der Waals surface area contributed by atoms with E-state index in [0.717, 1.165) is 19.3 Å². The molecule has 2 rings (SSSR count). The quantitative estimate of drug-likeness (QED) is 0.712. The van der Waals surface area contributed by atoms with Gasteiger partial charge in [-0.3, -0.25) is 4.79 Å². The van der Waals surface area contributed by atoms with Gasteiger partial charge in [-0.25, -0.2) is 0 Å². The molecule has 0 heterocycles. The number of amides is 1. The summed E-state index contributed by atoms with van der Waals surface area (Å²) in [4.78, 5) is 13.5. The molecule has 0 saturated heterocycles. The summed E-state index contributed by atoms with van der Waals surface area (Å²) >= 11 is 6.22. The molecule has 0 aromatic heterocycles. The number of halogens is 1. The van der Waals surface area contributed by atoms with Crippen LogP contribution >= 0.6 is 11.6 Å². The number of aliphatic hydroxyl groups excluding tert-OH is 1. The van der Waals surface area contributed by atoms with Gasteiger partial charge in [-0.1, -0.05) is 11.6 Å². The molecule has 5 N–H and O–H groups in total. The Labute approximate surface area is 117 Å². The number of primary amides is 1. The summed E-state index contributed by atoms with van der Waals surface area (Å²) < 4.78 is 0. The molecule has 6 heteroatoms. The molecule has 104 valence electrons. The van der Waals surface area contributed by atoms with Crippen molar-refractivity contribution in [1.29, 1.82) is 0 Å². The van der Waals surface area contributed by atoms with E-state index in [9.17, 15) is 9.90 Å². The smallest absolute Gasteiger partial charge is 0.250 e. The van der Waals surface area contributed by atoms with E-state index in [4.69, 9.17) is 23.1 Å². The zero-order valence-electron chi connectivity index (χ0n) is 10.6. The van der Waals surface area contributed by atoms with Gasteiger partial charge >= 0.3 is 0 Å². The minimum Gasteiger partial charge on any atom is -0.399 e. The molecule has 1 amide bonds. The van der Waals surface area contributed by atoms with Crippen molar-refractivity contribution in [3.8, 4) is 0 Å². The average Bonchev–Trinajstić information content (AvgIpc) is 2.25. The lowest BCUT2D eigenvalue weighted by molar-refractivity contribution is 0.100. The minimum absolute atomic E-state index is 0.00456. The van der Waals surface area contributed by atoms with Crippen LogP contribution in [0.25, 0.3) is 0 Å². The number of carbonyl (C=O) groups is 1. The number of hydrogen-bond donors (Lipinski definition) is 3. The van der Waals surface area contributed by atoms with Crippen LogP contribution < -0.4 is 16.4 Å². The normalized spacial score (nSPS) is 15.1. The monoisotopic (exact) mass is 283 g/mol. The van der Waals surface area contributed by atoms with E-state index in [1.54, 1.807) is 6.07 Å². The number of nitrogens with zero attached hydrogens (tertiary/aromatic N) is 1. The van der Waals surface area contributed by atoms with Crippen molar-refractivity contribution in [2.24, 2.45) is 5.73 Å². The number of aliphatic hydroxyl groups is 1. The van der Waals surface area contributed by atoms with Gasteiger partial charge in [0.2, 0.25) is 0 Å².